The van der Waals surface area contributed by atoms with E-state index in [1.807, 2.05) is 38.1 Å². The van der Waals surface area contributed by atoms with E-state index in [-0.39, 0.29) is 11.9 Å². The standard InChI is InChI=1S/C15H16BrFN2S/c1-3-18-10(2)11-6-7-14(13(17)9-11)20-15-12(16)5-4-8-19-15/h4-10,18H,3H2,1-2H3. The molecule has 0 saturated heterocycles. The van der Waals surface area contributed by atoms with Crippen molar-refractivity contribution < 1.29 is 4.39 Å². The van der Waals surface area contributed by atoms with Crippen molar-refractivity contribution >= 4 is 27.7 Å². The first-order valence-corrected chi connectivity index (χ1v) is 8.04. The van der Waals surface area contributed by atoms with Crippen LogP contribution in [0.2, 0.25) is 0 Å². The van der Waals surface area contributed by atoms with Crippen molar-refractivity contribution in [1.29, 1.82) is 0 Å². The molecular formula is C15H16BrFN2S. The SMILES string of the molecule is CCNC(C)c1ccc(Sc2ncccc2Br)c(F)c1. The lowest BCUT2D eigenvalue weighted by atomic mass is 10.1. The Bertz CT molecular complexity index is 592. The van der Waals surface area contributed by atoms with Crippen LogP contribution in [0.1, 0.15) is 25.5 Å². The topological polar surface area (TPSA) is 24.9 Å². The molecule has 0 radical (unpaired) electrons. The molecule has 1 aromatic heterocycles. The summed E-state index contributed by atoms with van der Waals surface area (Å²) < 4.78 is 15.0. The van der Waals surface area contributed by atoms with Gasteiger partial charge in [-0.2, -0.15) is 0 Å². The van der Waals surface area contributed by atoms with Crippen molar-refractivity contribution in [3.63, 3.8) is 0 Å². The molecule has 1 atom stereocenters. The van der Waals surface area contributed by atoms with E-state index >= 15 is 0 Å². The lowest BCUT2D eigenvalue weighted by Gasteiger charge is -2.13. The van der Waals surface area contributed by atoms with Gasteiger partial charge in [-0.05, 0) is 59.2 Å². The Kier molecular flexibility index (Phi) is 5.57. The van der Waals surface area contributed by atoms with Gasteiger partial charge in [0.2, 0.25) is 0 Å². The lowest BCUT2D eigenvalue weighted by molar-refractivity contribution is 0.572. The molecule has 2 nitrogen and oxygen atoms in total. The summed E-state index contributed by atoms with van der Waals surface area (Å²) in [5.41, 5.74) is 0.953. The number of aromatic nitrogens is 1. The first-order valence-electron chi connectivity index (χ1n) is 6.43. The predicted molar refractivity (Wildman–Crippen MR) is 84.6 cm³/mol. The number of pyridine rings is 1. The summed E-state index contributed by atoms with van der Waals surface area (Å²) in [6, 6.07) is 9.24. The minimum Gasteiger partial charge on any atom is -0.310 e. The number of halogens is 2. The summed E-state index contributed by atoms with van der Waals surface area (Å²) in [6.45, 7) is 4.93. The Morgan fingerprint density at radius 3 is 2.85 bits per heavy atom. The Balaban J connectivity index is 2.20. The van der Waals surface area contributed by atoms with E-state index in [0.29, 0.717) is 4.90 Å². The molecule has 1 unspecified atom stereocenters. The largest absolute Gasteiger partial charge is 0.310 e. The van der Waals surface area contributed by atoms with Crippen LogP contribution < -0.4 is 5.32 Å². The maximum Gasteiger partial charge on any atom is 0.137 e. The molecule has 2 aromatic rings. The maximum absolute atomic E-state index is 14.2. The van der Waals surface area contributed by atoms with Crippen LogP contribution in [0.5, 0.6) is 0 Å². The molecule has 0 saturated carbocycles. The number of hydrogen-bond acceptors (Lipinski definition) is 3. The first-order chi connectivity index (χ1) is 9.61. The fourth-order valence-electron chi connectivity index (χ4n) is 1.84. The summed E-state index contributed by atoms with van der Waals surface area (Å²) in [5, 5.41) is 4.04. The van der Waals surface area contributed by atoms with Gasteiger partial charge in [-0.1, -0.05) is 24.8 Å². The molecular weight excluding hydrogens is 339 g/mol. The third-order valence-electron chi connectivity index (χ3n) is 2.90. The molecule has 0 amide bonds. The van der Waals surface area contributed by atoms with Crippen molar-refractivity contribution in [2.75, 3.05) is 6.54 Å². The molecule has 2 rings (SSSR count). The van der Waals surface area contributed by atoms with Crippen LogP contribution in [-0.2, 0) is 0 Å². The monoisotopic (exact) mass is 354 g/mol. The molecule has 0 aliphatic carbocycles. The maximum atomic E-state index is 14.2. The van der Waals surface area contributed by atoms with E-state index in [1.54, 1.807) is 12.3 Å². The van der Waals surface area contributed by atoms with E-state index < -0.39 is 0 Å². The molecule has 5 heteroatoms. The fourth-order valence-corrected chi connectivity index (χ4v) is 3.12. The molecule has 0 aliphatic heterocycles. The first kappa shape index (κ1) is 15.5. The second-order valence-electron chi connectivity index (χ2n) is 4.36. The predicted octanol–water partition coefficient (Wildman–Crippen LogP) is 4.80. The smallest absolute Gasteiger partial charge is 0.137 e. The molecule has 1 aromatic carbocycles. The molecule has 0 bridgehead atoms. The van der Waals surface area contributed by atoms with Crippen LogP contribution >= 0.6 is 27.7 Å². The van der Waals surface area contributed by atoms with Crippen LogP contribution in [-0.4, -0.2) is 11.5 Å². The number of hydrogen-bond donors (Lipinski definition) is 1. The van der Waals surface area contributed by atoms with Gasteiger partial charge in [0.05, 0.1) is 4.47 Å². The van der Waals surface area contributed by atoms with Gasteiger partial charge in [-0.3, -0.25) is 0 Å². The number of rotatable bonds is 5. The van der Waals surface area contributed by atoms with Crippen LogP contribution in [0.3, 0.4) is 0 Å². The Labute approximate surface area is 131 Å². The Morgan fingerprint density at radius 2 is 2.20 bits per heavy atom. The summed E-state index contributed by atoms with van der Waals surface area (Å²) in [6.07, 6.45) is 1.70. The molecule has 0 spiro atoms. The van der Waals surface area contributed by atoms with Gasteiger partial charge in [0.1, 0.15) is 10.8 Å². The van der Waals surface area contributed by atoms with E-state index in [0.717, 1.165) is 21.6 Å². The lowest BCUT2D eigenvalue weighted by Crippen LogP contribution is -2.17. The minimum atomic E-state index is -0.213. The second kappa shape index (κ2) is 7.20. The van der Waals surface area contributed by atoms with Crippen molar-refractivity contribution in [3.8, 4) is 0 Å². The molecule has 1 heterocycles. The number of nitrogens with zero attached hydrogens (tertiary/aromatic N) is 1. The number of nitrogens with one attached hydrogen (secondary N) is 1. The van der Waals surface area contributed by atoms with E-state index in [2.05, 4.69) is 26.2 Å². The quantitative estimate of drug-likeness (QED) is 0.834. The highest BCUT2D eigenvalue weighted by molar-refractivity contribution is 9.10. The molecule has 1 N–H and O–H groups in total. The third-order valence-corrected chi connectivity index (χ3v) is 4.87. The summed E-state index contributed by atoms with van der Waals surface area (Å²) in [5.74, 6) is -0.213. The zero-order valence-corrected chi connectivity index (χ0v) is 13.8. The fraction of sp³-hybridized carbons (Fsp3) is 0.267. The average Bonchev–Trinajstić information content (AvgIpc) is 2.43. The highest BCUT2D eigenvalue weighted by Crippen LogP contribution is 2.33. The van der Waals surface area contributed by atoms with Gasteiger partial charge >= 0.3 is 0 Å². The van der Waals surface area contributed by atoms with Gasteiger partial charge in [-0.25, -0.2) is 9.37 Å². The van der Waals surface area contributed by atoms with E-state index in [1.165, 1.54) is 11.8 Å². The van der Waals surface area contributed by atoms with Gasteiger partial charge in [-0.15, -0.1) is 0 Å². The molecule has 20 heavy (non-hydrogen) atoms. The third kappa shape index (κ3) is 3.81. The van der Waals surface area contributed by atoms with Crippen LogP contribution in [0.15, 0.2) is 50.9 Å². The summed E-state index contributed by atoms with van der Waals surface area (Å²) in [4.78, 5) is 4.82. The van der Waals surface area contributed by atoms with Crippen molar-refractivity contribution in [1.82, 2.24) is 10.3 Å². The van der Waals surface area contributed by atoms with Gasteiger partial charge in [0, 0.05) is 17.1 Å². The second-order valence-corrected chi connectivity index (χ2v) is 6.25. The zero-order chi connectivity index (χ0) is 14.5. The van der Waals surface area contributed by atoms with Crippen molar-refractivity contribution in [3.05, 3.63) is 52.4 Å². The summed E-state index contributed by atoms with van der Waals surface area (Å²) in [7, 11) is 0. The molecule has 0 aliphatic rings. The van der Waals surface area contributed by atoms with Crippen LogP contribution in [0, 0.1) is 5.82 Å². The summed E-state index contributed by atoms with van der Waals surface area (Å²) >= 11 is 4.74. The van der Waals surface area contributed by atoms with Crippen molar-refractivity contribution in [2.24, 2.45) is 0 Å². The van der Waals surface area contributed by atoms with Gasteiger partial charge in [0.25, 0.3) is 0 Å². The Hall–Kier alpha value is -0.910. The normalized spacial score (nSPS) is 12.4. The highest BCUT2D eigenvalue weighted by atomic mass is 79.9. The van der Waals surface area contributed by atoms with Gasteiger partial charge in [0.15, 0.2) is 0 Å². The van der Waals surface area contributed by atoms with Crippen molar-refractivity contribution in [2.45, 2.75) is 29.8 Å². The van der Waals surface area contributed by atoms with Crippen LogP contribution in [0.4, 0.5) is 4.39 Å². The Morgan fingerprint density at radius 1 is 1.40 bits per heavy atom. The number of benzene rings is 1. The molecule has 0 fully saturated rings. The zero-order valence-electron chi connectivity index (χ0n) is 11.4. The van der Waals surface area contributed by atoms with E-state index in [9.17, 15) is 4.39 Å². The van der Waals surface area contributed by atoms with Crippen LogP contribution in [0.25, 0.3) is 0 Å². The van der Waals surface area contributed by atoms with Gasteiger partial charge < -0.3 is 5.32 Å². The highest BCUT2D eigenvalue weighted by Gasteiger charge is 2.11. The minimum absolute atomic E-state index is 0.148. The average molecular weight is 355 g/mol. The van der Waals surface area contributed by atoms with E-state index in [4.69, 9.17) is 0 Å². The molecule has 106 valence electrons.